The first-order chi connectivity index (χ1) is 13.6. The molecular formula is C24H36N2O2. The summed E-state index contributed by atoms with van der Waals surface area (Å²) in [5.74, 6) is 0.369. The summed E-state index contributed by atoms with van der Waals surface area (Å²) >= 11 is 0. The highest BCUT2D eigenvalue weighted by molar-refractivity contribution is 5.78. The second kappa shape index (κ2) is 11.7. The van der Waals surface area contributed by atoms with Gasteiger partial charge in [-0.25, -0.2) is 0 Å². The van der Waals surface area contributed by atoms with Gasteiger partial charge in [0.05, 0.1) is 13.2 Å². The molecule has 0 spiro atoms. The van der Waals surface area contributed by atoms with Crippen molar-refractivity contribution in [2.75, 3.05) is 20.3 Å². The van der Waals surface area contributed by atoms with Crippen molar-refractivity contribution in [3.05, 3.63) is 59.4 Å². The van der Waals surface area contributed by atoms with E-state index in [1.54, 1.807) is 7.11 Å². The number of carbonyl (C=O) groups is 1. The van der Waals surface area contributed by atoms with Gasteiger partial charge in [-0.15, -0.1) is 0 Å². The summed E-state index contributed by atoms with van der Waals surface area (Å²) in [6.07, 6.45) is 6.20. The second-order valence-electron chi connectivity index (χ2n) is 7.62. The summed E-state index contributed by atoms with van der Waals surface area (Å²) < 4.78 is 7.52. The van der Waals surface area contributed by atoms with Crippen molar-refractivity contribution in [2.24, 2.45) is 5.92 Å². The zero-order chi connectivity index (χ0) is 20.4. The molecule has 2 rings (SSSR count). The molecule has 0 radical (unpaired) electrons. The molecule has 0 N–H and O–H groups in total. The van der Waals surface area contributed by atoms with Crippen molar-refractivity contribution < 1.29 is 9.53 Å². The number of benzene rings is 1. The SMILES string of the molecule is CCCC[C@H](CC)C(=O)N(CCOC)Cc1cccn1Cc1cccc(C)c1. The number of carbonyl (C=O) groups excluding carboxylic acids is 1. The minimum Gasteiger partial charge on any atom is -0.383 e. The molecule has 154 valence electrons. The Kier molecular flexibility index (Phi) is 9.29. The van der Waals surface area contributed by atoms with E-state index in [1.807, 2.05) is 4.90 Å². The van der Waals surface area contributed by atoms with E-state index >= 15 is 0 Å². The number of hydrogen-bond acceptors (Lipinski definition) is 2. The van der Waals surface area contributed by atoms with Crippen LogP contribution < -0.4 is 0 Å². The Morgan fingerprint density at radius 3 is 2.71 bits per heavy atom. The molecule has 1 amide bonds. The molecule has 1 aromatic carbocycles. The first-order valence-corrected chi connectivity index (χ1v) is 10.6. The third kappa shape index (κ3) is 6.52. The van der Waals surface area contributed by atoms with E-state index in [-0.39, 0.29) is 11.8 Å². The van der Waals surface area contributed by atoms with E-state index in [2.05, 4.69) is 67.9 Å². The van der Waals surface area contributed by atoms with Crippen molar-refractivity contribution in [3.8, 4) is 0 Å². The number of hydrogen-bond donors (Lipinski definition) is 0. The van der Waals surface area contributed by atoms with Crippen LogP contribution in [0, 0.1) is 12.8 Å². The molecule has 0 unspecified atom stereocenters. The summed E-state index contributed by atoms with van der Waals surface area (Å²) in [5.41, 5.74) is 3.71. The molecule has 2 aromatic rings. The van der Waals surface area contributed by atoms with E-state index in [0.717, 1.165) is 37.9 Å². The van der Waals surface area contributed by atoms with E-state index < -0.39 is 0 Å². The first-order valence-electron chi connectivity index (χ1n) is 10.6. The minimum absolute atomic E-state index is 0.108. The number of aromatic nitrogens is 1. The lowest BCUT2D eigenvalue weighted by Gasteiger charge is -2.27. The second-order valence-corrected chi connectivity index (χ2v) is 7.62. The highest BCUT2D eigenvalue weighted by atomic mass is 16.5. The fraction of sp³-hybridized carbons (Fsp3) is 0.542. The van der Waals surface area contributed by atoms with Crippen LogP contribution in [0.25, 0.3) is 0 Å². The van der Waals surface area contributed by atoms with Gasteiger partial charge < -0.3 is 14.2 Å². The van der Waals surface area contributed by atoms with Gasteiger partial charge in [0.1, 0.15) is 0 Å². The quantitative estimate of drug-likeness (QED) is 0.514. The largest absolute Gasteiger partial charge is 0.383 e. The van der Waals surface area contributed by atoms with Gasteiger partial charge in [0.2, 0.25) is 5.91 Å². The van der Waals surface area contributed by atoms with Gasteiger partial charge in [-0.3, -0.25) is 4.79 Å². The third-order valence-corrected chi connectivity index (χ3v) is 5.34. The lowest BCUT2D eigenvalue weighted by Crippen LogP contribution is -2.38. The van der Waals surface area contributed by atoms with Gasteiger partial charge in [0.15, 0.2) is 0 Å². The van der Waals surface area contributed by atoms with Gasteiger partial charge in [0, 0.05) is 38.0 Å². The molecule has 0 aliphatic heterocycles. The van der Waals surface area contributed by atoms with Crippen LogP contribution in [0.15, 0.2) is 42.6 Å². The van der Waals surface area contributed by atoms with Crippen LogP contribution in [0.3, 0.4) is 0 Å². The maximum Gasteiger partial charge on any atom is 0.226 e. The number of aryl methyl sites for hydroxylation is 1. The third-order valence-electron chi connectivity index (χ3n) is 5.34. The van der Waals surface area contributed by atoms with Crippen molar-refractivity contribution in [3.63, 3.8) is 0 Å². The van der Waals surface area contributed by atoms with E-state index in [9.17, 15) is 4.79 Å². The molecule has 0 fully saturated rings. The van der Waals surface area contributed by atoms with Crippen molar-refractivity contribution >= 4 is 5.91 Å². The molecule has 1 aromatic heterocycles. The van der Waals surface area contributed by atoms with E-state index in [1.165, 1.54) is 11.1 Å². The molecule has 0 saturated carbocycles. The van der Waals surface area contributed by atoms with Crippen LogP contribution in [0.1, 0.15) is 56.4 Å². The standard InChI is InChI=1S/C24H36N2O2/c1-5-7-12-22(6-2)24(27)26(15-16-28-4)19-23-13-9-14-25(23)18-21-11-8-10-20(3)17-21/h8-11,13-14,17,22H,5-7,12,15-16,18-19H2,1-4H3/t22-/m0/s1. The molecule has 28 heavy (non-hydrogen) atoms. The number of amides is 1. The fourth-order valence-electron chi connectivity index (χ4n) is 3.63. The Labute approximate surface area is 170 Å². The maximum atomic E-state index is 13.2. The van der Waals surface area contributed by atoms with E-state index in [0.29, 0.717) is 19.7 Å². The lowest BCUT2D eigenvalue weighted by molar-refractivity contribution is -0.137. The molecule has 4 heteroatoms. The minimum atomic E-state index is 0.108. The summed E-state index contributed by atoms with van der Waals surface area (Å²) in [7, 11) is 1.69. The predicted octanol–water partition coefficient (Wildman–Crippen LogP) is 5.04. The Hall–Kier alpha value is -2.07. The van der Waals surface area contributed by atoms with Gasteiger partial charge in [-0.05, 0) is 37.5 Å². The Morgan fingerprint density at radius 2 is 2.04 bits per heavy atom. The topological polar surface area (TPSA) is 34.5 Å². The highest BCUT2D eigenvalue weighted by Crippen LogP contribution is 2.19. The highest BCUT2D eigenvalue weighted by Gasteiger charge is 2.23. The average Bonchev–Trinajstić information content (AvgIpc) is 3.12. The van der Waals surface area contributed by atoms with Crippen LogP contribution in [0.5, 0.6) is 0 Å². The molecular weight excluding hydrogens is 348 g/mol. The maximum absolute atomic E-state index is 13.2. The molecule has 0 bridgehead atoms. The Bertz CT molecular complexity index is 723. The van der Waals surface area contributed by atoms with Gasteiger partial charge in [0.25, 0.3) is 0 Å². The van der Waals surface area contributed by atoms with Gasteiger partial charge in [-0.2, -0.15) is 0 Å². The Balaban J connectivity index is 2.13. The van der Waals surface area contributed by atoms with Gasteiger partial charge >= 0.3 is 0 Å². The van der Waals surface area contributed by atoms with Crippen LogP contribution in [-0.2, 0) is 22.6 Å². The smallest absolute Gasteiger partial charge is 0.226 e. The summed E-state index contributed by atoms with van der Waals surface area (Å²) in [6.45, 7) is 9.06. The normalized spacial score (nSPS) is 12.1. The molecule has 0 aliphatic rings. The number of nitrogens with zero attached hydrogens (tertiary/aromatic N) is 2. The molecule has 0 aliphatic carbocycles. The van der Waals surface area contributed by atoms with Gasteiger partial charge in [-0.1, -0.05) is 56.5 Å². The fourth-order valence-corrected chi connectivity index (χ4v) is 3.63. The van der Waals surface area contributed by atoms with Crippen molar-refractivity contribution in [1.82, 2.24) is 9.47 Å². The summed E-state index contributed by atoms with van der Waals surface area (Å²) in [5, 5.41) is 0. The van der Waals surface area contributed by atoms with Crippen molar-refractivity contribution in [2.45, 2.75) is 59.5 Å². The number of methoxy groups -OCH3 is 1. The number of rotatable bonds is 12. The van der Waals surface area contributed by atoms with Crippen molar-refractivity contribution in [1.29, 1.82) is 0 Å². The lowest BCUT2D eigenvalue weighted by atomic mass is 9.97. The molecule has 4 nitrogen and oxygen atoms in total. The average molecular weight is 385 g/mol. The first kappa shape index (κ1) is 22.2. The summed E-state index contributed by atoms with van der Waals surface area (Å²) in [4.78, 5) is 15.2. The number of unbranched alkanes of at least 4 members (excludes halogenated alkanes) is 1. The summed E-state index contributed by atoms with van der Waals surface area (Å²) in [6, 6.07) is 12.8. The zero-order valence-electron chi connectivity index (χ0n) is 18.0. The molecule has 1 atom stereocenters. The van der Waals surface area contributed by atoms with Crippen LogP contribution in [0.2, 0.25) is 0 Å². The zero-order valence-corrected chi connectivity index (χ0v) is 18.0. The molecule has 1 heterocycles. The van der Waals surface area contributed by atoms with Crippen LogP contribution >= 0.6 is 0 Å². The predicted molar refractivity (Wildman–Crippen MR) is 115 cm³/mol. The van der Waals surface area contributed by atoms with Crippen LogP contribution in [0.4, 0.5) is 0 Å². The monoisotopic (exact) mass is 384 g/mol. The van der Waals surface area contributed by atoms with E-state index in [4.69, 9.17) is 4.74 Å². The molecule has 0 saturated heterocycles. The Morgan fingerprint density at radius 1 is 1.21 bits per heavy atom. The number of ether oxygens (including phenoxy) is 1. The van der Waals surface area contributed by atoms with Crippen LogP contribution in [-0.4, -0.2) is 35.6 Å².